The Kier molecular flexibility index (Phi) is 47.1. The summed E-state index contributed by atoms with van der Waals surface area (Å²) in [6.07, 6.45) is 10.0. The van der Waals surface area contributed by atoms with E-state index >= 15 is 0 Å². The maximum atomic E-state index is 12.8. The lowest BCUT2D eigenvalue weighted by atomic mass is 9.97. The summed E-state index contributed by atoms with van der Waals surface area (Å²) in [6.45, 7) is 22.1. The van der Waals surface area contributed by atoms with E-state index in [1.54, 1.807) is 41.5 Å². The van der Waals surface area contributed by atoms with Crippen molar-refractivity contribution in [2.24, 2.45) is 47.3 Å². The van der Waals surface area contributed by atoms with Crippen LogP contribution in [0.15, 0.2) is 0 Å². The van der Waals surface area contributed by atoms with E-state index < -0.39 is 56.3 Å². The fourth-order valence-electron chi connectivity index (χ4n) is 14.6. The van der Waals surface area contributed by atoms with Gasteiger partial charge in [-0.05, 0) is 187 Å². The molecule has 4 aliphatic carbocycles. The first-order chi connectivity index (χ1) is 56.5. The highest BCUT2D eigenvalue weighted by molar-refractivity contribution is 8.20. The van der Waals surface area contributed by atoms with E-state index in [-0.39, 0.29) is 166 Å². The van der Waals surface area contributed by atoms with Gasteiger partial charge in [-0.1, -0.05) is 53.4 Å². The summed E-state index contributed by atoms with van der Waals surface area (Å²) in [6, 6.07) is 0. The topological polar surface area (TPSA) is 468 Å². The van der Waals surface area contributed by atoms with Gasteiger partial charge in [0, 0.05) is 50.1 Å². The highest BCUT2D eigenvalue weighted by Crippen LogP contribution is 2.45. The quantitative estimate of drug-likeness (QED) is 0.00505. The van der Waals surface area contributed by atoms with Gasteiger partial charge in [0.2, 0.25) is 30.7 Å². The number of aliphatic hydroxyl groups excluding tert-OH is 6. The number of aromatic nitrogens is 8. The molecule has 0 radical (unpaired) electrons. The monoisotopic (exact) mass is 1730 g/mol. The number of hydrogen-bond donors (Lipinski definition) is 10. The van der Waals surface area contributed by atoms with Crippen LogP contribution in [0.25, 0.3) is 0 Å². The summed E-state index contributed by atoms with van der Waals surface area (Å²) in [4.78, 5) is 102. The first-order valence-corrected chi connectivity index (χ1v) is 42.1. The lowest BCUT2D eigenvalue weighted by molar-refractivity contribution is -0.387. The lowest BCUT2D eigenvalue weighted by Gasteiger charge is -2.23. The van der Waals surface area contributed by atoms with E-state index in [4.69, 9.17) is 30.0 Å². The molecule has 4 fully saturated rings. The van der Waals surface area contributed by atoms with Gasteiger partial charge in [-0.25, -0.2) is 69.9 Å². The number of nitro groups is 4. The van der Waals surface area contributed by atoms with E-state index in [0.29, 0.717) is 87.9 Å². The molecular formula is C68H120B4N12O20P4S4. The molecule has 0 aliphatic heterocycles. The molecule has 0 amide bonds. The van der Waals surface area contributed by atoms with Crippen LogP contribution in [0.5, 0.6) is 23.5 Å². The summed E-state index contributed by atoms with van der Waals surface area (Å²) in [5, 5.41) is 84.4. The van der Waals surface area contributed by atoms with Crippen LogP contribution in [0, 0.1) is 143 Å². The number of rotatable bonds is 36. The number of nitrogens with zero attached hydrogens (tertiary/aromatic N) is 12. The smallest absolute Gasteiger partial charge is 0.351 e. The highest BCUT2D eigenvalue weighted by atomic mass is 32.1. The predicted octanol–water partition coefficient (Wildman–Crippen LogP) is 9.92. The highest BCUT2D eigenvalue weighted by Gasteiger charge is 2.48. The van der Waals surface area contributed by atoms with Crippen LogP contribution in [-0.4, -0.2) is 201 Å². The molecule has 4 aromatic heterocycles. The Hall–Kier alpha value is -4.40. The molecule has 4 heterocycles. The Bertz CT molecular complexity index is 3540. The summed E-state index contributed by atoms with van der Waals surface area (Å²) in [5.41, 5.74) is -0.122. The van der Waals surface area contributed by atoms with Crippen molar-refractivity contribution < 1.29 is 78.9 Å². The van der Waals surface area contributed by atoms with Crippen molar-refractivity contribution in [2.75, 3.05) is 26.4 Å². The molecule has 32 nitrogen and oxygen atoms in total. The van der Waals surface area contributed by atoms with Crippen LogP contribution < -0.4 is 18.9 Å². The van der Waals surface area contributed by atoms with Crippen LogP contribution >= 0.6 is 86.4 Å². The Balaban J connectivity index is 0.000000751. The molecule has 44 heteroatoms. The van der Waals surface area contributed by atoms with Crippen LogP contribution in [-0.2, 0) is 9.59 Å². The number of Topliss-reactive ketones (excluding diaryl/α,β-unsaturated/α-hetero) is 2. The molecule has 0 aromatic carbocycles. The summed E-state index contributed by atoms with van der Waals surface area (Å²) in [5.74, 6) is 0.952. The zero-order valence-electron chi connectivity index (χ0n) is 74.1. The number of carbonyl (C=O) groups excluding carboxylic acids is 2. The number of ketones is 2. The first-order valence-electron chi connectivity index (χ1n) is 41.3. The van der Waals surface area contributed by atoms with Crippen LogP contribution in [0.4, 0.5) is 22.7 Å². The van der Waals surface area contributed by atoms with E-state index in [2.05, 4.69) is 161 Å². The zero-order chi connectivity index (χ0) is 91.4. The van der Waals surface area contributed by atoms with Crippen LogP contribution in [0.1, 0.15) is 202 Å². The van der Waals surface area contributed by atoms with E-state index in [1.165, 1.54) is 13.8 Å². The number of hydrogen-bond acceptors (Lipinski definition) is 32. The maximum Gasteiger partial charge on any atom is 0.351 e. The minimum Gasteiger partial charge on any atom is -0.466 e. The van der Waals surface area contributed by atoms with E-state index in [1.807, 2.05) is 13.8 Å². The normalized spacial score (nSPS) is 23.3. The van der Waals surface area contributed by atoms with Crippen LogP contribution in [0.2, 0.25) is 0 Å². The second kappa shape index (κ2) is 57.6. The molecular weight excluding hydrogens is 1600 g/mol. The van der Waals surface area contributed by atoms with Gasteiger partial charge in [0.1, 0.15) is 58.3 Å². The zero-order valence-corrected chi connectivity index (χ0v) is 74.3. The van der Waals surface area contributed by atoms with Crippen molar-refractivity contribution in [1.29, 1.82) is 11.1 Å². The number of thiol groups is 4. The van der Waals surface area contributed by atoms with Gasteiger partial charge in [-0.3, -0.25) is 50.0 Å². The standard InChI is InChI=1S/2C17H27N3O5.2C17H25N3O5.4BH4PS/c4*1-4-6-13-9-12(7-5-8-21)15(22)16(13)25-17-14(20(23)24)10(2)18-11(3)19-17;4*2-1-3/h2*12-13,15-16,21-22H,4-9H2,1-3H3;2*12-13,16,21H,4-9H2,1-3H3;4*1,3H,2H2/t12-,13-,15+,16-;12-,13-,15-,16+;12-,13-,16+;12-,13-,16-;;;;/m0000..../s1/i4*21T;4*1D. The van der Waals surface area contributed by atoms with Crippen LogP contribution in [0.3, 0.4) is 0 Å². The third kappa shape index (κ3) is 34.3. The Morgan fingerprint density at radius 3 is 0.875 bits per heavy atom. The molecule has 4 unspecified atom stereocenters. The molecule has 6 N–H and O–H groups in total. The average molecular weight is 1730 g/mol. The fourth-order valence-corrected chi connectivity index (χ4v) is 14.6. The van der Waals surface area contributed by atoms with Crippen molar-refractivity contribution >= 4 is 146 Å². The average Bonchev–Trinajstić information content (AvgIpc) is 1.57. The van der Waals surface area contributed by atoms with Gasteiger partial charge in [0.05, 0.1) is 31.9 Å². The second-order valence-electron chi connectivity index (χ2n) is 27.1. The number of carbonyl (C=O) groups is 2. The summed E-state index contributed by atoms with van der Waals surface area (Å²) >= 11 is 14.4. The molecule has 0 bridgehead atoms. The molecule has 4 aromatic rings. The number of aryl methyl sites for hydroxylation is 8. The molecule has 0 saturated heterocycles. The Morgan fingerprint density at radius 1 is 0.411 bits per heavy atom. The van der Waals surface area contributed by atoms with Gasteiger partial charge >= 0.3 is 22.7 Å². The molecule has 8 rings (SSSR count). The molecule has 4 saturated carbocycles. The van der Waals surface area contributed by atoms with E-state index in [0.717, 1.165) is 77.0 Å². The third-order valence-electron chi connectivity index (χ3n) is 18.9. The van der Waals surface area contributed by atoms with Crippen molar-refractivity contribution in [1.82, 2.24) is 39.9 Å². The van der Waals surface area contributed by atoms with Gasteiger partial charge in [0.15, 0.2) is 23.8 Å². The van der Waals surface area contributed by atoms with Gasteiger partial charge < -0.3 is 49.6 Å². The Morgan fingerprint density at radius 2 is 0.643 bits per heavy atom. The largest absolute Gasteiger partial charge is 0.466 e. The lowest BCUT2D eigenvalue weighted by Crippen LogP contribution is -2.34. The third-order valence-corrected chi connectivity index (χ3v) is 18.9. The summed E-state index contributed by atoms with van der Waals surface area (Å²) < 4.78 is 76.2. The van der Waals surface area contributed by atoms with Crippen molar-refractivity contribution in [3.8, 4) is 23.5 Å². The number of ether oxygens (including phenoxy) is 4. The molecule has 112 heavy (non-hydrogen) atoms. The predicted molar refractivity (Wildman–Crippen MR) is 467 cm³/mol. The molecule has 18 atom stereocenters. The minimum atomic E-state index is -0.732. The van der Waals surface area contributed by atoms with Gasteiger partial charge in [-0.15, -0.1) is 0 Å². The minimum absolute atomic E-state index is 0.00426. The first kappa shape index (κ1) is 91.5. The molecule has 4 aliphatic rings. The molecule has 0 spiro atoms. The maximum absolute atomic E-state index is 12.8. The van der Waals surface area contributed by atoms with Gasteiger partial charge in [-0.2, -0.15) is 56.4 Å². The van der Waals surface area contributed by atoms with Crippen molar-refractivity contribution in [2.45, 2.75) is 248 Å². The Labute approximate surface area is 703 Å². The van der Waals surface area contributed by atoms with Crippen molar-refractivity contribution in [3.05, 3.63) is 86.5 Å². The molecule has 628 valence electrons. The fraction of sp³-hybridized carbons (Fsp3) is 0.735. The SMILES string of the molecule is [2H]B(P)S.[2H]B(P)S.[2H]B(P)S.[2H]B(P)S.[3H]OCCC[C@H]1C[C@H](CCC)[C@@H](Oc2nc(C)nc(C)c2[N+](=O)[O-])C1=O.[3H]OCCC[C@H]1C[C@H](CCC)[C@@H](Oc2nc(C)nc(C)c2[N+](=O)[O-])[C@H]1O.[3H]OCCC[C@H]1C[C@H](CCC)[C@H](Oc2nc(C)nc(C)c2[N+](=O)[O-])C1=O.[3H]OCCC[C@H]1C[C@H](CCC)[C@H](Oc2nc(C)nc(C)c2[N+](=O)[O-])[C@@H]1O. The van der Waals surface area contributed by atoms with E-state index in [9.17, 15) is 60.3 Å². The van der Waals surface area contributed by atoms with Gasteiger partial charge in [0.25, 0.3) is 23.5 Å². The van der Waals surface area contributed by atoms with Crippen molar-refractivity contribution in [3.63, 3.8) is 0 Å². The summed E-state index contributed by atoms with van der Waals surface area (Å²) in [7, 11) is 8.75. The second-order valence-corrected chi connectivity index (χ2v) is 31.9. The number of aliphatic hydroxyl groups is 6.